The Hall–Kier alpha value is -2.31. The van der Waals surface area contributed by atoms with Crippen LogP contribution in [-0.4, -0.2) is 36.2 Å². The van der Waals surface area contributed by atoms with Gasteiger partial charge in [-0.3, -0.25) is 0 Å². The Bertz CT molecular complexity index is 809. The van der Waals surface area contributed by atoms with E-state index in [-0.39, 0.29) is 17.2 Å². The summed E-state index contributed by atoms with van der Waals surface area (Å²) < 4.78 is 24.0. The first-order valence-corrected chi connectivity index (χ1v) is 16.7. The van der Waals surface area contributed by atoms with Crippen LogP contribution in [0.4, 0.5) is 4.79 Å². The molecule has 0 radical (unpaired) electrons. The van der Waals surface area contributed by atoms with E-state index >= 15 is 0 Å². The molecule has 0 saturated heterocycles. The van der Waals surface area contributed by atoms with E-state index in [1.807, 2.05) is 0 Å². The van der Waals surface area contributed by atoms with Gasteiger partial charge in [-0.15, -0.1) is 0 Å². The van der Waals surface area contributed by atoms with Crippen molar-refractivity contribution in [3.63, 3.8) is 0 Å². The van der Waals surface area contributed by atoms with Gasteiger partial charge in [-0.05, 0) is 32.1 Å². The van der Waals surface area contributed by atoms with E-state index in [1.54, 1.807) is 0 Å². The second kappa shape index (κ2) is 24.3. The Morgan fingerprint density at radius 1 is 0.512 bits per heavy atom. The first kappa shape index (κ1) is 36.7. The van der Waals surface area contributed by atoms with Gasteiger partial charge in [0.15, 0.2) is 11.5 Å². The molecule has 0 aromatic heterocycles. The number of hydrogen-bond acceptors (Lipinski definition) is 6. The van der Waals surface area contributed by atoms with Crippen LogP contribution in [0.2, 0.25) is 0 Å². The maximum atomic E-state index is 11.7. The maximum Gasteiger partial charge on any atom is 0.511 e. The lowest BCUT2D eigenvalue weighted by atomic mass is 10.0. The molecule has 1 rings (SSSR count). The second-order valence-electron chi connectivity index (χ2n) is 11.1. The molecule has 0 aliphatic rings. The molecule has 0 fully saturated rings. The van der Waals surface area contributed by atoms with Crippen molar-refractivity contribution >= 4 is 6.16 Å². The largest absolute Gasteiger partial charge is 0.511 e. The molecular weight excluding hydrogens is 520 g/mol. The topological polar surface area (TPSA) is 94.5 Å². The summed E-state index contributed by atoms with van der Waals surface area (Å²) in [6.07, 6.45) is 19.3. The molecule has 41 heavy (non-hydrogen) atoms. The smallest absolute Gasteiger partial charge is 0.502 e. The summed E-state index contributed by atoms with van der Waals surface area (Å²) in [4.78, 5) is 11.7. The minimum absolute atomic E-state index is 0.0890. The van der Waals surface area contributed by atoms with E-state index < -0.39 is 6.16 Å². The van der Waals surface area contributed by atoms with E-state index in [4.69, 9.17) is 18.9 Å². The summed E-state index contributed by atoms with van der Waals surface area (Å²) >= 11 is 0. The average Bonchev–Trinajstić information content (AvgIpc) is 2.95. The molecule has 2 N–H and O–H groups in total. The summed E-state index contributed by atoms with van der Waals surface area (Å²) in [6, 6.07) is 0. The van der Waals surface area contributed by atoms with E-state index in [2.05, 4.69) is 27.7 Å². The summed E-state index contributed by atoms with van der Waals surface area (Å²) in [5.41, 5.74) is 0.552. The van der Waals surface area contributed by atoms with Crippen molar-refractivity contribution in [2.75, 3.05) is 19.8 Å². The quantitative estimate of drug-likeness (QED) is 0.0607. The van der Waals surface area contributed by atoms with E-state index in [9.17, 15) is 15.0 Å². The molecule has 7 nitrogen and oxygen atoms in total. The Kier molecular flexibility index (Phi) is 21.8. The van der Waals surface area contributed by atoms with Crippen molar-refractivity contribution in [1.29, 1.82) is 0 Å². The Balaban J connectivity index is 3.39. The number of benzene rings is 1. The van der Waals surface area contributed by atoms with Gasteiger partial charge in [-0.25, -0.2) is 4.79 Å². The van der Waals surface area contributed by atoms with E-state index in [0.717, 1.165) is 96.3 Å². The van der Waals surface area contributed by atoms with Gasteiger partial charge in [0.25, 0.3) is 0 Å². The third-order valence-electron chi connectivity index (χ3n) is 7.34. The Morgan fingerprint density at radius 3 is 1.37 bits per heavy atom. The molecule has 0 aliphatic carbocycles. The number of rotatable bonds is 27. The van der Waals surface area contributed by atoms with Gasteiger partial charge < -0.3 is 29.2 Å². The maximum absolute atomic E-state index is 11.7. The SMILES string of the molecule is CCCCCCCCCc1c(OC(=O)O)c(O)c(OCCCCCC)c(OCCCCCC)c1OCCCCCC. The summed E-state index contributed by atoms with van der Waals surface area (Å²) in [5, 5.41) is 20.9. The minimum atomic E-state index is -1.47. The van der Waals surface area contributed by atoms with Crippen LogP contribution in [-0.2, 0) is 6.42 Å². The number of aromatic hydroxyl groups is 1. The predicted octanol–water partition coefficient (Wildman–Crippen LogP) is 10.6. The average molecular weight is 581 g/mol. The lowest BCUT2D eigenvalue weighted by Crippen LogP contribution is -2.12. The van der Waals surface area contributed by atoms with Gasteiger partial charge >= 0.3 is 6.16 Å². The highest BCUT2D eigenvalue weighted by atomic mass is 16.7. The zero-order chi connectivity index (χ0) is 30.1. The molecular formula is C34H60O7. The molecule has 0 atom stereocenters. The van der Waals surface area contributed by atoms with Crippen LogP contribution in [0.1, 0.15) is 155 Å². The van der Waals surface area contributed by atoms with Gasteiger partial charge in [-0.2, -0.15) is 0 Å². The monoisotopic (exact) mass is 580 g/mol. The van der Waals surface area contributed by atoms with Crippen LogP contribution in [0.15, 0.2) is 0 Å². The summed E-state index contributed by atoms with van der Waals surface area (Å²) in [5.74, 6) is 0.554. The van der Waals surface area contributed by atoms with Crippen LogP contribution in [0.25, 0.3) is 0 Å². The number of carboxylic acid groups (broad SMARTS) is 1. The van der Waals surface area contributed by atoms with Gasteiger partial charge in [0.2, 0.25) is 17.2 Å². The van der Waals surface area contributed by atoms with Gasteiger partial charge in [0.05, 0.1) is 19.8 Å². The van der Waals surface area contributed by atoms with Crippen molar-refractivity contribution in [2.45, 2.75) is 156 Å². The first-order chi connectivity index (χ1) is 20.0. The fourth-order valence-electron chi connectivity index (χ4n) is 4.91. The molecule has 0 unspecified atom stereocenters. The summed E-state index contributed by atoms with van der Waals surface area (Å²) in [7, 11) is 0. The van der Waals surface area contributed by atoms with Gasteiger partial charge in [0.1, 0.15) is 0 Å². The normalized spacial score (nSPS) is 11.0. The standard InChI is InChI=1S/C34H60O7/c1-5-9-13-17-18-19-20-24-28-30(41-34(36)37)29(35)32(39-26-22-15-11-7-3)33(40-27-23-16-12-8-4)31(28)38-25-21-14-10-6-2/h35H,5-27H2,1-4H3,(H,36,37). The molecule has 0 saturated carbocycles. The third kappa shape index (κ3) is 15.5. The molecule has 0 amide bonds. The molecule has 0 bridgehead atoms. The van der Waals surface area contributed by atoms with Gasteiger partial charge in [-0.1, -0.05) is 124 Å². The number of hydrogen-bond donors (Lipinski definition) is 2. The molecule has 0 aliphatic heterocycles. The van der Waals surface area contributed by atoms with Crippen LogP contribution >= 0.6 is 0 Å². The van der Waals surface area contributed by atoms with E-state index in [0.29, 0.717) is 43.3 Å². The summed E-state index contributed by atoms with van der Waals surface area (Å²) in [6.45, 7) is 10.0. The van der Waals surface area contributed by atoms with Crippen LogP contribution in [0.3, 0.4) is 0 Å². The molecule has 1 aromatic rings. The molecule has 1 aromatic carbocycles. The lowest BCUT2D eigenvalue weighted by molar-refractivity contribution is 0.141. The fourth-order valence-corrected chi connectivity index (χ4v) is 4.91. The minimum Gasteiger partial charge on any atom is -0.502 e. The molecule has 0 heterocycles. The van der Waals surface area contributed by atoms with Crippen LogP contribution < -0.4 is 18.9 Å². The Morgan fingerprint density at radius 2 is 0.902 bits per heavy atom. The first-order valence-electron chi connectivity index (χ1n) is 16.7. The van der Waals surface area contributed by atoms with Crippen molar-refractivity contribution in [1.82, 2.24) is 0 Å². The Labute approximate surface area is 250 Å². The number of ether oxygens (including phenoxy) is 4. The zero-order valence-electron chi connectivity index (χ0n) is 26.7. The fraction of sp³-hybridized carbons (Fsp3) is 0.794. The van der Waals surface area contributed by atoms with Crippen LogP contribution in [0.5, 0.6) is 28.7 Å². The van der Waals surface area contributed by atoms with Gasteiger partial charge in [0, 0.05) is 5.56 Å². The van der Waals surface area contributed by atoms with Crippen molar-refractivity contribution in [3.8, 4) is 28.7 Å². The zero-order valence-corrected chi connectivity index (χ0v) is 26.7. The molecule has 238 valence electrons. The molecule has 7 heteroatoms. The number of carbonyl (C=O) groups is 1. The van der Waals surface area contributed by atoms with Crippen molar-refractivity contribution in [2.24, 2.45) is 0 Å². The van der Waals surface area contributed by atoms with E-state index in [1.165, 1.54) is 25.7 Å². The second-order valence-corrected chi connectivity index (χ2v) is 11.1. The number of phenols is 1. The highest BCUT2D eigenvalue weighted by Gasteiger charge is 2.30. The highest BCUT2D eigenvalue weighted by Crippen LogP contribution is 2.54. The van der Waals surface area contributed by atoms with Crippen molar-refractivity contribution in [3.05, 3.63) is 5.56 Å². The van der Waals surface area contributed by atoms with Crippen molar-refractivity contribution < 1.29 is 34.0 Å². The number of unbranched alkanes of at least 4 members (excludes halogenated alkanes) is 15. The number of phenolic OH excluding ortho intramolecular Hbond substituents is 1. The third-order valence-corrected chi connectivity index (χ3v) is 7.34. The predicted molar refractivity (Wildman–Crippen MR) is 167 cm³/mol. The highest BCUT2D eigenvalue weighted by molar-refractivity contribution is 5.73. The lowest BCUT2D eigenvalue weighted by Gasteiger charge is -2.23. The molecule has 0 spiro atoms. The van der Waals surface area contributed by atoms with Crippen LogP contribution in [0, 0.1) is 0 Å².